The molecule has 5 heteroatoms. The molecule has 2 heterocycles. The third-order valence-corrected chi connectivity index (χ3v) is 3.56. The van der Waals surface area contributed by atoms with Gasteiger partial charge in [-0.1, -0.05) is 6.92 Å². The van der Waals surface area contributed by atoms with E-state index in [1.807, 2.05) is 0 Å². The number of nitrogens with zero attached hydrogens (tertiary/aromatic N) is 3. The van der Waals surface area contributed by atoms with Crippen molar-refractivity contribution >= 4 is 0 Å². The van der Waals surface area contributed by atoms with Gasteiger partial charge in [-0.2, -0.15) is 0 Å². The number of hydrogen-bond acceptors (Lipinski definition) is 4. The molecule has 1 saturated heterocycles. The number of halogens is 1. The van der Waals surface area contributed by atoms with E-state index in [0.717, 1.165) is 38.3 Å². The summed E-state index contributed by atoms with van der Waals surface area (Å²) in [5.41, 5.74) is 0. The smallest absolute Gasteiger partial charge is 0.316 e. The fourth-order valence-electron chi connectivity index (χ4n) is 2.20. The van der Waals surface area contributed by atoms with Crippen molar-refractivity contribution in [1.29, 1.82) is 0 Å². The Morgan fingerprint density at radius 1 is 1.39 bits per heavy atom. The van der Waals surface area contributed by atoms with E-state index in [1.165, 1.54) is 6.42 Å². The minimum absolute atomic E-state index is 0.149. The summed E-state index contributed by atoms with van der Waals surface area (Å²) in [6, 6.07) is 0.909. The molecule has 1 aliphatic heterocycles. The van der Waals surface area contributed by atoms with Crippen molar-refractivity contribution in [1.82, 2.24) is 14.9 Å². The lowest BCUT2D eigenvalue weighted by molar-refractivity contribution is 0.0726. The van der Waals surface area contributed by atoms with Gasteiger partial charge in [0.1, 0.15) is 6.10 Å². The van der Waals surface area contributed by atoms with Gasteiger partial charge in [0.05, 0.1) is 12.4 Å². The van der Waals surface area contributed by atoms with Gasteiger partial charge >= 0.3 is 6.01 Å². The molecule has 100 valence electrons. The van der Waals surface area contributed by atoms with E-state index in [-0.39, 0.29) is 12.1 Å². The largest absolute Gasteiger partial charge is 0.460 e. The third-order valence-electron chi connectivity index (χ3n) is 3.56. The van der Waals surface area contributed by atoms with Gasteiger partial charge < -0.3 is 9.64 Å². The first kappa shape index (κ1) is 13.2. The van der Waals surface area contributed by atoms with Crippen molar-refractivity contribution in [2.45, 2.75) is 45.3 Å². The predicted molar refractivity (Wildman–Crippen MR) is 67.0 cm³/mol. The number of rotatable bonds is 4. The summed E-state index contributed by atoms with van der Waals surface area (Å²) < 4.78 is 18.3. The highest BCUT2D eigenvalue weighted by Crippen LogP contribution is 2.18. The molecule has 0 radical (unpaired) electrons. The van der Waals surface area contributed by atoms with Crippen molar-refractivity contribution in [2.24, 2.45) is 0 Å². The van der Waals surface area contributed by atoms with Crippen LogP contribution in [-0.4, -0.2) is 40.1 Å². The predicted octanol–water partition coefficient (Wildman–Crippen LogP) is 2.26. The molecule has 1 atom stereocenters. The molecular weight excluding hydrogens is 233 g/mol. The molecule has 18 heavy (non-hydrogen) atoms. The summed E-state index contributed by atoms with van der Waals surface area (Å²) in [4.78, 5) is 10.1. The zero-order chi connectivity index (χ0) is 13.0. The van der Waals surface area contributed by atoms with Crippen molar-refractivity contribution in [3.8, 4) is 6.01 Å². The van der Waals surface area contributed by atoms with Crippen LogP contribution in [0.4, 0.5) is 4.39 Å². The van der Waals surface area contributed by atoms with Gasteiger partial charge in [0.15, 0.2) is 5.82 Å². The van der Waals surface area contributed by atoms with Crippen molar-refractivity contribution in [3.63, 3.8) is 0 Å². The standard InChI is InChI=1S/C13H20FN3O/c1-3-10(2)17-6-4-12(5-7-17)18-13-15-8-11(14)9-16-13/h8-10,12H,3-7H2,1-2H3. The first-order valence-corrected chi connectivity index (χ1v) is 6.57. The highest BCUT2D eigenvalue weighted by Gasteiger charge is 2.23. The van der Waals surface area contributed by atoms with Crippen LogP contribution < -0.4 is 4.74 Å². The minimum atomic E-state index is -0.436. The van der Waals surface area contributed by atoms with Crippen molar-refractivity contribution < 1.29 is 9.13 Å². The molecule has 1 aliphatic rings. The van der Waals surface area contributed by atoms with Crippen LogP contribution in [0.1, 0.15) is 33.1 Å². The highest BCUT2D eigenvalue weighted by molar-refractivity contribution is 4.96. The van der Waals surface area contributed by atoms with Crippen LogP contribution in [0.5, 0.6) is 6.01 Å². The normalized spacial score (nSPS) is 19.7. The second kappa shape index (κ2) is 6.09. The lowest BCUT2D eigenvalue weighted by atomic mass is 10.1. The SMILES string of the molecule is CCC(C)N1CCC(Oc2ncc(F)cn2)CC1. The second-order valence-corrected chi connectivity index (χ2v) is 4.79. The molecule has 2 rings (SSSR count). The zero-order valence-corrected chi connectivity index (χ0v) is 11.0. The number of likely N-dealkylation sites (tertiary alicyclic amines) is 1. The van der Waals surface area contributed by atoms with E-state index in [4.69, 9.17) is 4.74 Å². The van der Waals surface area contributed by atoms with E-state index >= 15 is 0 Å². The van der Waals surface area contributed by atoms with Gasteiger partial charge in [-0.05, 0) is 26.2 Å². The summed E-state index contributed by atoms with van der Waals surface area (Å²) in [5.74, 6) is -0.436. The minimum Gasteiger partial charge on any atom is -0.460 e. The summed E-state index contributed by atoms with van der Waals surface area (Å²) in [6.07, 6.45) is 5.55. The maximum absolute atomic E-state index is 12.7. The van der Waals surface area contributed by atoms with Crippen LogP contribution >= 0.6 is 0 Å². The fraction of sp³-hybridized carbons (Fsp3) is 0.692. The Morgan fingerprint density at radius 2 is 2.00 bits per heavy atom. The van der Waals surface area contributed by atoms with E-state index in [2.05, 4.69) is 28.7 Å². The van der Waals surface area contributed by atoms with Crippen molar-refractivity contribution in [2.75, 3.05) is 13.1 Å². The van der Waals surface area contributed by atoms with Gasteiger partial charge in [-0.15, -0.1) is 0 Å². The molecule has 1 fully saturated rings. The first-order valence-electron chi connectivity index (χ1n) is 6.57. The summed E-state index contributed by atoms with van der Waals surface area (Å²) >= 11 is 0. The first-order chi connectivity index (χ1) is 8.69. The molecule has 4 nitrogen and oxygen atoms in total. The van der Waals surface area contributed by atoms with Crippen LogP contribution in [0.15, 0.2) is 12.4 Å². The lowest BCUT2D eigenvalue weighted by Crippen LogP contribution is -2.42. The Morgan fingerprint density at radius 3 is 2.56 bits per heavy atom. The number of aromatic nitrogens is 2. The monoisotopic (exact) mass is 253 g/mol. The number of hydrogen-bond donors (Lipinski definition) is 0. The van der Waals surface area contributed by atoms with E-state index in [0.29, 0.717) is 6.04 Å². The molecule has 0 aliphatic carbocycles. The Kier molecular flexibility index (Phi) is 4.47. The quantitative estimate of drug-likeness (QED) is 0.825. The molecule has 0 amide bonds. The van der Waals surface area contributed by atoms with E-state index < -0.39 is 5.82 Å². The third kappa shape index (κ3) is 3.38. The molecule has 0 N–H and O–H groups in total. The second-order valence-electron chi connectivity index (χ2n) is 4.79. The molecule has 1 aromatic heterocycles. The number of ether oxygens (including phenoxy) is 1. The molecule has 0 saturated carbocycles. The molecule has 0 spiro atoms. The van der Waals surface area contributed by atoms with Gasteiger partial charge in [-0.3, -0.25) is 0 Å². The molecule has 1 unspecified atom stereocenters. The highest BCUT2D eigenvalue weighted by atomic mass is 19.1. The maximum Gasteiger partial charge on any atom is 0.316 e. The number of piperidine rings is 1. The average Bonchev–Trinajstić information content (AvgIpc) is 2.41. The Labute approximate surface area is 107 Å². The molecule has 0 aromatic carbocycles. The average molecular weight is 253 g/mol. The fourth-order valence-corrected chi connectivity index (χ4v) is 2.20. The Hall–Kier alpha value is -1.23. The Bertz CT molecular complexity index is 363. The van der Waals surface area contributed by atoms with Crippen LogP contribution in [0.25, 0.3) is 0 Å². The Balaban J connectivity index is 1.81. The van der Waals surface area contributed by atoms with Crippen LogP contribution in [-0.2, 0) is 0 Å². The van der Waals surface area contributed by atoms with E-state index in [9.17, 15) is 4.39 Å². The van der Waals surface area contributed by atoms with Gasteiger partial charge in [0.25, 0.3) is 0 Å². The topological polar surface area (TPSA) is 38.2 Å². The van der Waals surface area contributed by atoms with Gasteiger partial charge in [-0.25, -0.2) is 14.4 Å². The summed E-state index contributed by atoms with van der Waals surface area (Å²) in [6.45, 7) is 6.55. The van der Waals surface area contributed by atoms with Crippen LogP contribution in [0.3, 0.4) is 0 Å². The van der Waals surface area contributed by atoms with Gasteiger partial charge in [0, 0.05) is 19.1 Å². The van der Waals surface area contributed by atoms with E-state index in [1.54, 1.807) is 0 Å². The van der Waals surface area contributed by atoms with Gasteiger partial charge in [0.2, 0.25) is 0 Å². The van der Waals surface area contributed by atoms with Crippen LogP contribution in [0.2, 0.25) is 0 Å². The summed E-state index contributed by atoms with van der Waals surface area (Å²) in [7, 11) is 0. The summed E-state index contributed by atoms with van der Waals surface area (Å²) in [5, 5.41) is 0. The maximum atomic E-state index is 12.7. The zero-order valence-electron chi connectivity index (χ0n) is 11.0. The molecule has 0 bridgehead atoms. The molecule has 1 aromatic rings. The molecular formula is C13H20FN3O. The lowest BCUT2D eigenvalue weighted by Gasteiger charge is -2.35. The van der Waals surface area contributed by atoms with Crippen molar-refractivity contribution in [3.05, 3.63) is 18.2 Å². The van der Waals surface area contributed by atoms with Crippen LogP contribution in [0, 0.1) is 5.82 Å².